The number of hydrogen-bond acceptors (Lipinski definition) is 6. The number of aromatic nitrogens is 3. The van der Waals surface area contributed by atoms with Gasteiger partial charge < -0.3 is 10.2 Å². The summed E-state index contributed by atoms with van der Waals surface area (Å²) < 4.78 is 2.04. The first kappa shape index (κ1) is 22.2. The van der Waals surface area contributed by atoms with E-state index in [9.17, 15) is 10.1 Å². The fourth-order valence-electron chi connectivity index (χ4n) is 3.33. The van der Waals surface area contributed by atoms with Crippen LogP contribution in [0.5, 0.6) is 0 Å². The standard InChI is InChI=1S/C22H30N6OS/c1-16(2)22(4,15-23)24-19(29)14-30-21-26-25-20(27-12-6-5-7-13-27)28(21)18-10-8-17(3)9-11-18/h8-11,16H,5-7,12-14H2,1-4H3,(H,24,29)/t22-/m1/s1. The van der Waals surface area contributed by atoms with Crippen LogP contribution in [0.4, 0.5) is 5.95 Å². The monoisotopic (exact) mass is 426 g/mol. The molecule has 1 atom stereocenters. The van der Waals surface area contributed by atoms with E-state index in [1.54, 1.807) is 6.92 Å². The molecule has 3 rings (SSSR count). The molecule has 0 aliphatic carbocycles. The van der Waals surface area contributed by atoms with Crippen LogP contribution in [0.3, 0.4) is 0 Å². The molecule has 0 spiro atoms. The minimum Gasteiger partial charge on any atom is -0.341 e. The number of carbonyl (C=O) groups excluding carboxylic acids is 1. The average Bonchev–Trinajstić information content (AvgIpc) is 3.17. The lowest BCUT2D eigenvalue weighted by molar-refractivity contribution is -0.120. The first-order valence-corrected chi connectivity index (χ1v) is 11.4. The largest absolute Gasteiger partial charge is 0.341 e. The van der Waals surface area contributed by atoms with Gasteiger partial charge in [-0.05, 0) is 51.2 Å². The molecule has 160 valence electrons. The summed E-state index contributed by atoms with van der Waals surface area (Å²) in [6.45, 7) is 9.59. The van der Waals surface area contributed by atoms with Crippen LogP contribution < -0.4 is 10.2 Å². The van der Waals surface area contributed by atoms with Crippen LogP contribution in [0, 0.1) is 24.2 Å². The van der Waals surface area contributed by atoms with Gasteiger partial charge >= 0.3 is 0 Å². The number of nitrogens with zero attached hydrogens (tertiary/aromatic N) is 5. The molecule has 1 amide bonds. The molecule has 8 heteroatoms. The molecule has 1 fully saturated rings. The number of hydrogen-bond donors (Lipinski definition) is 1. The Balaban J connectivity index is 1.82. The summed E-state index contributed by atoms with van der Waals surface area (Å²) >= 11 is 1.34. The molecular weight excluding hydrogens is 396 g/mol. The van der Waals surface area contributed by atoms with Crippen molar-refractivity contribution in [1.29, 1.82) is 5.26 Å². The van der Waals surface area contributed by atoms with Gasteiger partial charge in [0.15, 0.2) is 5.16 Å². The summed E-state index contributed by atoms with van der Waals surface area (Å²) in [6, 6.07) is 10.5. The van der Waals surface area contributed by atoms with Crippen LogP contribution in [0.2, 0.25) is 0 Å². The molecule has 1 aromatic heterocycles. The predicted octanol–water partition coefficient (Wildman–Crippen LogP) is 3.71. The van der Waals surface area contributed by atoms with E-state index in [2.05, 4.69) is 57.7 Å². The second-order valence-electron chi connectivity index (χ2n) is 8.31. The third-order valence-electron chi connectivity index (χ3n) is 5.67. The zero-order valence-electron chi connectivity index (χ0n) is 18.2. The van der Waals surface area contributed by atoms with E-state index >= 15 is 0 Å². The number of aryl methyl sites for hydroxylation is 1. The number of nitrogens with one attached hydrogen (secondary N) is 1. The molecule has 7 nitrogen and oxygen atoms in total. The lowest BCUT2D eigenvalue weighted by Crippen LogP contribution is -2.49. The number of rotatable bonds is 7. The predicted molar refractivity (Wildman–Crippen MR) is 120 cm³/mol. The Kier molecular flexibility index (Phi) is 7.03. The number of carbonyl (C=O) groups is 1. The lowest BCUT2D eigenvalue weighted by Gasteiger charge is -2.28. The zero-order valence-corrected chi connectivity index (χ0v) is 19.0. The van der Waals surface area contributed by atoms with Crippen LogP contribution in [-0.4, -0.2) is 45.1 Å². The Morgan fingerprint density at radius 1 is 1.23 bits per heavy atom. The Hall–Kier alpha value is -2.53. The summed E-state index contributed by atoms with van der Waals surface area (Å²) in [6.07, 6.45) is 3.53. The lowest BCUT2D eigenvalue weighted by atomic mass is 9.90. The van der Waals surface area contributed by atoms with E-state index in [0.29, 0.717) is 5.16 Å². The van der Waals surface area contributed by atoms with Crippen molar-refractivity contribution in [2.24, 2.45) is 5.92 Å². The summed E-state index contributed by atoms with van der Waals surface area (Å²) in [7, 11) is 0. The number of anilines is 1. The first-order chi connectivity index (χ1) is 14.3. The maximum absolute atomic E-state index is 12.5. The maximum Gasteiger partial charge on any atom is 0.232 e. The van der Waals surface area contributed by atoms with Gasteiger partial charge in [-0.3, -0.25) is 9.36 Å². The highest BCUT2D eigenvalue weighted by molar-refractivity contribution is 7.99. The molecule has 1 aliphatic heterocycles. The minimum absolute atomic E-state index is 0.0124. The van der Waals surface area contributed by atoms with Gasteiger partial charge in [-0.2, -0.15) is 5.26 Å². The molecule has 1 N–H and O–H groups in total. The fourth-order valence-corrected chi connectivity index (χ4v) is 4.08. The Morgan fingerprint density at radius 3 is 2.50 bits per heavy atom. The molecule has 0 radical (unpaired) electrons. The molecule has 2 aromatic rings. The Morgan fingerprint density at radius 2 is 1.90 bits per heavy atom. The number of benzene rings is 1. The van der Waals surface area contributed by atoms with Crippen molar-refractivity contribution < 1.29 is 4.79 Å². The molecule has 0 bridgehead atoms. The van der Waals surface area contributed by atoms with E-state index in [1.807, 2.05) is 18.4 Å². The van der Waals surface area contributed by atoms with Gasteiger partial charge in [0.1, 0.15) is 5.54 Å². The molecule has 0 saturated carbocycles. The van der Waals surface area contributed by atoms with Crippen molar-refractivity contribution in [3.63, 3.8) is 0 Å². The van der Waals surface area contributed by atoms with E-state index < -0.39 is 5.54 Å². The van der Waals surface area contributed by atoms with Gasteiger partial charge in [0.05, 0.1) is 17.5 Å². The van der Waals surface area contributed by atoms with E-state index in [0.717, 1.165) is 37.6 Å². The molecule has 0 unspecified atom stereocenters. The highest BCUT2D eigenvalue weighted by atomic mass is 32.2. The Bertz CT molecular complexity index is 911. The summed E-state index contributed by atoms with van der Waals surface area (Å²) in [5.41, 5.74) is 1.28. The maximum atomic E-state index is 12.5. The highest BCUT2D eigenvalue weighted by Crippen LogP contribution is 2.28. The van der Waals surface area contributed by atoms with Crippen molar-refractivity contribution in [3.8, 4) is 11.8 Å². The van der Waals surface area contributed by atoms with Crippen molar-refractivity contribution in [1.82, 2.24) is 20.1 Å². The topological polar surface area (TPSA) is 86.8 Å². The van der Waals surface area contributed by atoms with Gasteiger partial charge in [-0.15, -0.1) is 10.2 Å². The van der Waals surface area contributed by atoms with Crippen LogP contribution >= 0.6 is 11.8 Å². The highest BCUT2D eigenvalue weighted by Gasteiger charge is 2.30. The molecular formula is C22H30N6OS. The minimum atomic E-state index is -0.888. The number of piperidine rings is 1. The van der Waals surface area contributed by atoms with Crippen LogP contribution in [0.1, 0.15) is 45.6 Å². The second kappa shape index (κ2) is 9.52. The van der Waals surface area contributed by atoms with Gasteiger partial charge in [0.25, 0.3) is 0 Å². The zero-order chi connectivity index (χ0) is 21.7. The van der Waals surface area contributed by atoms with Crippen LogP contribution in [0.15, 0.2) is 29.4 Å². The van der Waals surface area contributed by atoms with Crippen LogP contribution in [0.25, 0.3) is 5.69 Å². The van der Waals surface area contributed by atoms with Gasteiger partial charge in [0.2, 0.25) is 11.9 Å². The van der Waals surface area contributed by atoms with Gasteiger partial charge in [-0.25, -0.2) is 0 Å². The smallest absolute Gasteiger partial charge is 0.232 e. The average molecular weight is 427 g/mol. The first-order valence-electron chi connectivity index (χ1n) is 10.5. The normalized spacial score (nSPS) is 16.2. The molecule has 2 heterocycles. The molecule has 1 saturated heterocycles. The molecule has 1 aromatic carbocycles. The van der Waals surface area contributed by atoms with Crippen LogP contribution in [-0.2, 0) is 4.79 Å². The van der Waals surface area contributed by atoms with Crippen molar-refractivity contribution in [2.75, 3.05) is 23.7 Å². The molecule has 30 heavy (non-hydrogen) atoms. The van der Waals surface area contributed by atoms with Crippen molar-refractivity contribution in [2.45, 2.75) is 57.7 Å². The van der Waals surface area contributed by atoms with Gasteiger partial charge in [-0.1, -0.05) is 43.3 Å². The SMILES string of the molecule is Cc1ccc(-n2c(SCC(=O)N[C@](C)(C#N)C(C)C)nnc2N2CCCCC2)cc1. The van der Waals surface area contributed by atoms with Crippen molar-refractivity contribution >= 4 is 23.6 Å². The third-order valence-corrected chi connectivity index (χ3v) is 6.59. The van der Waals surface area contributed by atoms with Crippen molar-refractivity contribution in [3.05, 3.63) is 29.8 Å². The number of thioether (sulfide) groups is 1. The molecule has 1 aliphatic rings. The summed E-state index contributed by atoms with van der Waals surface area (Å²) in [5.74, 6) is 0.827. The Labute approximate surface area is 182 Å². The fraction of sp³-hybridized carbons (Fsp3) is 0.545. The second-order valence-corrected chi connectivity index (χ2v) is 9.25. The summed E-state index contributed by atoms with van der Waals surface area (Å²) in [5, 5.41) is 21.9. The quantitative estimate of drug-likeness (QED) is 0.679. The van der Waals surface area contributed by atoms with E-state index in [1.165, 1.54) is 23.7 Å². The summed E-state index contributed by atoms with van der Waals surface area (Å²) in [4.78, 5) is 14.8. The van der Waals surface area contributed by atoms with Gasteiger partial charge in [0, 0.05) is 13.1 Å². The number of amides is 1. The third kappa shape index (κ3) is 4.96. The van der Waals surface area contributed by atoms with E-state index in [-0.39, 0.29) is 17.6 Å². The number of nitriles is 1. The van der Waals surface area contributed by atoms with E-state index in [4.69, 9.17) is 0 Å².